The standard InChI is InChI=1S/C13H27N3O3S2/c1-5-7-13(8-6-2,11(14)20)12(17)15-9-10-21(18,19)16(3)4/h5-10H2,1-4H3,(H2,14,20)(H,15,17). The number of carbonyl (C=O) groups excluding carboxylic acids is 1. The number of rotatable bonds is 10. The Labute approximate surface area is 133 Å². The predicted molar refractivity (Wildman–Crippen MR) is 89.5 cm³/mol. The van der Waals surface area contributed by atoms with Crippen LogP contribution in [0.25, 0.3) is 0 Å². The van der Waals surface area contributed by atoms with E-state index in [-0.39, 0.29) is 23.2 Å². The van der Waals surface area contributed by atoms with Crippen LogP contribution >= 0.6 is 12.2 Å². The maximum absolute atomic E-state index is 12.5. The van der Waals surface area contributed by atoms with Crippen LogP contribution in [0.2, 0.25) is 0 Å². The molecule has 0 spiro atoms. The van der Waals surface area contributed by atoms with E-state index in [0.29, 0.717) is 12.8 Å². The number of hydrogen-bond acceptors (Lipinski definition) is 4. The van der Waals surface area contributed by atoms with E-state index in [4.69, 9.17) is 18.0 Å². The van der Waals surface area contributed by atoms with Crippen molar-refractivity contribution >= 4 is 33.1 Å². The summed E-state index contributed by atoms with van der Waals surface area (Å²) in [5.74, 6) is -0.412. The molecule has 0 fully saturated rings. The topological polar surface area (TPSA) is 92.5 Å². The van der Waals surface area contributed by atoms with Crippen LogP contribution in [0.15, 0.2) is 0 Å². The van der Waals surface area contributed by atoms with Gasteiger partial charge >= 0.3 is 0 Å². The van der Waals surface area contributed by atoms with Crippen molar-refractivity contribution in [3.05, 3.63) is 0 Å². The summed E-state index contributed by atoms with van der Waals surface area (Å²) < 4.78 is 24.5. The highest BCUT2D eigenvalue weighted by molar-refractivity contribution is 7.89. The number of amides is 1. The van der Waals surface area contributed by atoms with Crippen LogP contribution in [0, 0.1) is 5.41 Å². The fourth-order valence-electron chi connectivity index (χ4n) is 2.21. The molecule has 8 heteroatoms. The third-order valence-corrected chi connectivity index (χ3v) is 5.69. The van der Waals surface area contributed by atoms with Crippen molar-refractivity contribution in [1.29, 1.82) is 0 Å². The molecule has 0 radical (unpaired) electrons. The van der Waals surface area contributed by atoms with Gasteiger partial charge < -0.3 is 11.1 Å². The quantitative estimate of drug-likeness (QED) is 0.577. The number of nitrogens with one attached hydrogen (secondary N) is 1. The van der Waals surface area contributed by atoms with E-state index in [1.54, 1.807) is 0 Å². The molecule has 0 aromatic heterocycles. The molecule has 0 atom stereocenters. The molecule has 0 saturated heterocycles. The summed E-state index contributed by atoms with van der Waals surface area (Å²) in [5, 5.41) is 2.67. The zero-order valence-electron chi connectivity index (χ0n) is 13.3. The van der Waals surface area contributed by atoms with Crippen molar-refractivity contribution in [3.63, 3.8) is 0 Å². The van der Waals surface area contributed by atoms with Gasteiger partial charge in [-0.3, -0.25) is 4.79 Å². The first kappa shape index (κ1) is 20.3. The van der Waals surface area contributed by atoms with Crippen LogP contribution in [0.3, 0.4) is 0 Å². The Hall–Kier alpha value is -0.730. The summed E-state index contributed by atoms with van der Waals surface area (Å²) in [6.45, 7) is 3.98. The van der Waals surface area contributed by atoms with E-state index in [0.717, 1.165) is 17.1 Å². The number of nitrogens with two attached hydrogens (primary N) is 1. The Bertz CT molecular complexity index is 455. The summed E-state index contributed by atoms with van der Waals surface area (Å²) in [6.07, 6.45) is 2.70. The van der Waals surface area contributed by atoms with Crippen LogP contribution in [0.4, 0.5) is 0 Å². The first-order chi connectivity index (χ1) is 9.64. The fourth-order valence-corrected chi connectivity index (χ4v) is 3.23. The smallest absolute Gasteiger partial charge is 0.233 e. The Morgan fingerprint density at radius 1 is 1.24 bits per heavy atom. The second kappa shape index (κ2) is 8.65. The highest BCUT2D eigenvalue weighted by atomic mass is 32.2. The first-order valence-corrected chi connectivity index (χ1v) is 9.14. The SMILES string of the molecule is CCCC(CCC)(C(=O)NCCS(=O)(=O)N(C)C)C(N)=S. The van der Waals surface area contributed by atoms with Gasteiger partial charge in [-0.05, 0) is 12.8 Å². The van der Waals surface area contributed by atoms with Gasteiger partial charge in [0, 0.05) is 20.6 Å². The number of thiocarbonyl (C=S) groups is 1. The van der Waals surface area contributed by atoms with Gasteiger partial charge in [-0.2, -0.15) is 0 Å². The second-order valence-corrected chi connectivity index (χ2v) is 8.04. The number of nitrogens with zero attached hydrogens (tertiary/aromatic N) is 1. The van der Waals surface area contributed by atoms with Crippen molar-refractivity contribution in [3.8, 4) is 0 Å². The highest BCUT2D eigenvalue weighted by Crippen LogP contribution is 2.30. The van der Waals surface area contributed by atoms with Crippen LogP contribution in [0.5, 0.6) is 0 Å². The molecular weight excluding hydrogens is 310 g/mol. The Morgan fingerprint density at radius 3 is 2.05 bits per heavy atom. The molecule has 124 valence electrons. The van der Waals surface area contributed by atoms with E-state index in [2.05, 4.69) is 5.32 Å². The van der Waals surface area contributed by atoms with E-state index < -0.39 is 15.4 Å². The molecule has 0 rings (SSSR count). The minimum atomic E-state index is -3.33. The molecule has 0 saturated carbocycles. The van der Waals surface area contributed by atoms with Gasteiger partial charge in [-0.1, -0.05) is 38.9 Å². The Kier molecular flexibility index (Phi) is 8.35. The molecule has 0 aliphatic carbocycles. The summed E-state index contributed by atoms with van der Waals surface area (Å²) in [5.41, 5.74) is 4.92. The van der Waals surface area contributed by atoms with Crippen molar-refractivity contribution < 1.29 is 13.2 Å². The molecule has 1 amide bonds. The molecule has 0 heterocycles. The molecule has 0 aromatic carbocycles. The maximum atomic E-state index is 12.5. The Morgan fingerprint density at radius 2 is 1.71 bits per heavy atom. The van der Waals surface area contributed by atoms with Gasteiger partial charge in [-0.25, -0.2) is 12.7 Å². The average molecular weight is 338 g/mol. The van der Waals surface area contributed by atoms with Crippen LogP contribution in [-0.2, 0) is 14.8 Å². The average Bonchev–Trinajstić information content (AvgIpc) is 2.37. The molecule has 0 aromatic rings. The maximum Gasteiger partial charge on any atom is 0.233 e. The molecule has 3 N–H and O–H groups in total. The van der Waals surface area contributed by atoms with Gasteiger partial charge in [0.15, 0.2) is 0 Å². The van der Waals surface area contributed by atoms with Crippen molar-refractivity contribution in [1.82, 2.24) is 9.62 Å². The number of hydrogen-bond donors (Lipinski definition) is 2. The first-order valence-electron chi connectivity index (χ1n) is 7.12. The van der Waals surface area contributed by atoms with Gasteiger partial charge in [0.05, 0.1) is 16.2 Å². The predicted octanol–water partition coefficient (Wildman–Crippen LogP) is 0.867. The lowest BCUT2D eigenvalue weighted by atomic mass is 9.78. The summed E-state index contributed by atoms with van der Waals surface area (Å²) in [4.78, 5) is 12.6. The largest absolute Gasteiger partial charge is 0.392 e. The second-order valence-electron chi connectivity index (χ2n) is 5.30. The van der Waals surface area contributed by atoms with Gasteiger partial charge in [-0.15, -0.1) is 0 Å². The molecule has 0 aliphatic rings. The van der Waals surface area contributed by atoms with Crippen molar-refractivity contribution in [2.24, 2.45) is 11.1 Å². The van der Waals surface area contributed by atoms with E-state index in [1.807, 2.05) is 13.8 Å². The lowest BCUT2D eigenvalue weighted by Crippen LogP contribution is -2.50. The molecule has 6 nitrogen and oxygen atoms in total. The minimum Gasteiger partial charge on any atom is -0.392 e. The molecule has 0 aliphatic heterocycles. The van der Waals surface area contributed by atoms with Crippen LogP contribution < -0.4 is 11.1 Å². The number of carbonyl (C=O) groups is 1. The fraction of sp³-hybridized carbons (Fsp3) is 0.846. The summed E-state index contributed by atoms with van der Waals surface area (Å²) in [7, 11) is -0.404. The van der Waals surface area contributed by atoms with Crippen molar-refractivity contribution in [2.75, 3.05) is 26.4 Å². The highest BCUT2D eigenvalue weighted by Gasteiger charge is 2.39. The molecule has 0 bridgehead atoms. The van der Waals surface area contributed by atoms with E-state index >= 15 is 0 Å². The lowest BCUT2D eigenvalue weighted by molar-refractivity contribution is -0.128. The summed E-state index contributed by atoms with van der Waals surface area (Å²) >= 11 is 5.09. The minimum absolute atomic E-state index is 0.0527. The van der Waals surface area contributed by atoms with Crippen LogP contribution in [0.1, 0.15) is 39.5 Å². The van der Waals surface area contributed by atoms with Gasteiger partial charge in [0.1, 0.15) is 0 Å². The zero-order valence-corrected chi connectivity index (χ0v) is 14.9. The summed E-state index contributed by atoms with van der Waals surface area (Å²) in [6, 6.07) is 0. The van der Waals surface area contributed by atoms with E-state index in [1.165, 1.54) is 14.1 Å². The van der Waals surface area contributed by atoms with Gasteiger partial charge in [0.2, 0.25) is 15.9 Å². The normalized spacial score (nSPS) is 12.4. The molecule has 0 unspecified atom stereocenters. The Balaban J connectivity index is 4.88. The van der Waals surface area contributed by atoms with Crippen molar-refractivity contribution in [2.45, 2.75) is 39.5 Å². The van der Waals surface area contributed by atoms with Crippen LogP contribution in [-0.4, -0.2) is 50.0 Å². The zero-order chi connectivity index (χ0) is 16.7. The number of sulfonamides is 1. The third kappa shape index (κ3) is 5.52. The molecular formula is C13H27N3O3S2. The third-order valence-electron chi connectivity index (χ3n) is 3.46. The monoisotopic (exact) mass is 337 g/mol. The lowest BCUT2D eigenvalue weighted by Gasteiger charge is -2.31. The van der Waals surface area contributed by atoms with Gasteiger partial charge in [0.25, 0.3) is 0 Å². The molecule has 21 heavy (non-hydrogen) atoms. The van der Waals surface area contributed by atoms with E-state index in [9.17, 15) is 13.2 Å².